The van der Waals surface area contributed by atoms with Crippen molar-refractivity contribution in [2.45, 2.75) is 46.0 Å². The average Bonchev–Trinajstić information content (AvgIpc) is 2.83. The van der Waals surface area contributed by atoms with Crippen LogP contribution in [0.25, 0.3) is 10.9 Å². The lowest BCUT2D eigenvalue weighted by Gasteiger charge is -2.37. The Morgan fingerprint density at radius 3 is 2.57 bits per heavy atom. The lowest BCUT2D eigenvalue weighted by Crippen LogP contribution is -2.40. The number of aromatic nitrogens is 1. The Hall–Kier alpha value is -2.64. The number of pyridine rings is 1. The maximum absolute atomic E-state index is 13.8. The van der Waals surface area contributed by atoms with Gasteiger partial charge in [0.15, 0.2) is 0 Å². The van der Waals surface area contributed by atoms with E-state index in [1.165, 1.54) is 6.42 Å². The zero-order valence-electron chi connectivity index (χ0n) is 21.4. The maximum Gasteiger partial charge on any atom is 0.303 e. The third kappa shape index (κ3) is 6.44. The molecule has 1 fully saturated rings. The van der Waals surface area contributed by atoms with Gasteiger partial charge in [0.05, 0.1) is 11.1 Å². The van der Waals surface area contributed by atoms with E-state index in [0.717, 1.165) is 45.4 Å². The smallest absolute Gasteiger partial charge is 0.303 e. The zero-order chi connectivity index (χ0) is 26.7. The van der Waals surface area contributed by atoms with Crippen molar-refractivity contribution in [3.8, 4) is 0 Å². The van der Waals surface area contributed by atoms with Crippen LogP contribution in [-0.4, -0.2) is 41.6 Å². The minimum absolute atomic E-state index is 0.00853. The van der Waals surface area contributed by atoms with Gasteiger partial charge in [0.25, 0.3) is 5.91 Å². The number of hydrogen-bond donors (Lipinski definition) is 2. The maximum atomic E-state index is 13.8. The van der Waals surface area contributed by atoms with Crippen LogP contribution < -0.4 is 10.2 Å². The molecule has 2 N–H and O–H groups in total. The molecule has 6 nitrogen and oxygen atoms in total. The Morgan fingerprint density at radius 1 is 1.19 bits per heavy atom. The van der Waals surface area contributed by atoms with Crippen LogP contribution in [0.15, 0.2) is 46.9 Å². The molecule has 0 saturated carbocycles. The van der Waals surface area contributed by atoms with Gasteiger partial charge in [-0.2, -0.15) is 0 Å². The van der Waals surface area contributed by atoms with Crippen molar-refractivity contribution in [3.05, 3.63) is 68.7 Å². The second-order valence-electron chi connectivity index (χ2n) is 10.3. The lowest BCUT2D eigenvalue weighted by molar-refractivity contribution is -0.137. The number of nitrogens with zero attached hydrogens (tertiary/aromatic N) is 2. The number of piperidine rings is 1. The molecule has 2 aromatic carbocycles. The van der Waals surface area contributed by atoms with Crippen molar-refractivity contribution in [1.29, 1.82) is 0 Å². The van der Waals surface area contributed by atoms with Crippen LogP contribution in [0.3, 0.4) is 0 Å². The first-order valence-electron chi connectivity index (χ1n) is 12.7. The summed E-state index contributed by atoms with van der Waals surface area (Å²) in [6.07, 6.45) is 1.55. The number of hydrogen-bond acceptors (Lipinski definition) is 4. The van der Waals surface area contributed by atoms with Gasteiger partial charge in [-0.25, -0.2) is 4.98 Å². The van der Waals surface area contributed by atoms with E-state index in [-0.39, 0.29) is 24.8 Å². The Morgan fingerprint density at radius 2 is 1.89 bits per heavy atom. The van der Waals surface area contributed by atoms with Crippen LogP contribution >= 0.6 is 27.5 Å². The fourth-order valence-electron chi connectivity index (χ4n) is 5.53. The van der Waals surface area contributed by atoms with E-state index >= 15 is 0 Å². The molecule has 3 aromatic rings. The molecule has 1 aliphatic rings. The molecule has 0 aliphatic carbocycles. The summed E-state index contributed by atoms with van der Waals surface area (Å²) in [6, 6.07) is 13.2. The Labute approximate surface area is 231 Å². The highest BCUT2D eigenvalue weighted by molar-refractivity contribution is 9.10. The summed E-state index contributed by atoms with van der Waals surface area (Å²) < 4.78 is 0.874. The van der Waals surface area contributed by atoms with Crippen LogP contribution in [-0.2, 0) is 4.79 Å². The third-order valence-corrected chi connectivity index (χ3v) is 7.96. The van der Waals surface area contributed by atoms with Crippen LogP contribution in [0.1, 0.15) is 60.5 Å². The molecule has 4 rings (SSSR count). The summed E-state index contributed by atoms with van der Waals surface area (Å²) in [7, 11) is 0. The first-order chi connectivity index (χ1) is 17.6. The first kappa shape index (κ1) is 27.4. The van der Waals surface area contributed by atoms with Crippen molar-refractivity contribution >= 4 is 56.1 Å². The van der Waals surface area contributed by atoms with Gasteiger partial charge in [-0.3, -0.25) is 9.59 Å². The first-order valence-corrected chi connectivity index (χ1v) is 13.9. The van der Waals surface area contributed by atoms with Crippen molar-refractivity contribution in [2.24, 2.45) is 11.8 Å². The van der Waals surface area contributed by atoms with Gasteiger partial charge in [0.1, 0.15) is 5.82 Å². The van der Waals surface area contributed by atoms with Gasteiger partial charge >= 0.3 is 5.97 Å². The fraction of sp³-hybridized carbons (Fsp3) is 0.414. The number of carboxylic acids is 1. The number of rotatable bonds is 8. The van der Waals surface area contributed by atoms with Gasteiger partial charge in [-0.1, -0.05) is 59.6 Å². The molecule has 3 unspecified atom stereocenters. The highest BCUT2D eigenvalue weighted by Crippen LogP contribution is 2.34. The number of aliphatic carboxylic acids is 1. The topological polar surface area (TPSA) is 82.5 Å². The Bertz CT molecular complexity index is 1310. The highest BCUT2D eigenvalue weighted by atomic mass is 79.9. The summed E-state index contributed by atoms with van der Waals surface area (Å²) in [5.41, 5.74) is 3.06. The summed E-state index contributed by atoms with van der Waals surface area (Å²) in [6.45, 7) is 8.58. The second-order valence-corrected chi connectivity index (χ2v) is 11.6. The summed E-state index contributed by atoms with van der Waals surface area (Å²) in [5, 5.41) is 13.7. The number of carboxylic acid groups (broad SMARTS) is 1. The lowest BCUT2D eigenvalue weighted by atomic mass is 9.91. The van der Waals surface area contributed by atoms with E-state index in [9.17, 15) is 14.7 Å². The number of fused-ring (bicyclic) bond motifs is 1. The van der Waals surface area contributed by atoms with Gasteiger partial charge in [0.2, 0.25) is 0 Å². The molecule has 2 heterocycles. The second kappa shape index (κ2) is 11.8. The standard InChI is InChI=1S/C29H33BrClN3O3/c1-17-12-18(2)16-34(15-17)28-19(3)27(23-13-21(30)9-10-25(23)33-28)29(37)32-14-20(8-11-26(35)36)22-6-4-5-7-24(22)31/h4-7,9-10,13,17-18,20H,8,11-12,14-16H2,1-3H3,(H,32,37)(H,35,36). The normalized spacial score (nSPS) is 18.6. The molecule has 1 saturated heterocycles. The number of anilines is 1. The van der Waals surface area contributed by atoms with Crippen LogP contribution in [0, 0.1) is 18.8 Å². The SMILES string of the molecule is Cc1c(N2CC(C)CC(C)C2)nc2ccc(Br)cc2c1C(=O)NCC(CCC(=O)O)c1ccccc1Cl. The van der Waals surface area contributed by atoms with Crippen molar-refractivity contribution in [1.82, 2.24) is 10.3 Å². The zero-order valence-corrected chi connectivity index (χ0v) is 23.8. The van der Waals surface area contributed by atoms with Crippen molar-refractivity contribution in [2.75, 3.05) is 24.5 Å². The van der Waals surface area contributed by atoms with Crippen LogP contribution in [0.2, 0.25) is 5.02 Å². The Balaban J connectivity index is 1.69. The summed E-state index contributed by atoms with van der Waals surface area (Å²) >= 11 is 9.98. The van der Waals surface area contributed by atoms with E-state index in [2.05, 4.69) is 40.0 Å². The molecule has 196 valence electrons. The van der Waals surface area contributed by atoms with E-state index in [0.29, 0.717) is 28.8 Å². The number of halogens is 2. The van der Waals surface area contributed by atoms with Crippen molar-refractivity contribution < 1.29 is 14.7 Å². The predicted octanol–water partition coefficient (Wildman–Crippen LogP) is 6.82. The van der Waals surface area contributed by atoms with E-state index < -0.39 is 5.97 Å². The molecule has 3 atom stereocenters. The van der Waals surface area contributed by atoms with Gasteiger partial charge in [-0.05, 0) is 61.4 Å². The van der Waals surface area contributed by atoms with Gasteiger partial charge in [0, 0.05) is 52.4 Å². The third-order valence-electron chi connectivity index (χ3n) is 7.12. The van der Waals surface area contributed by atoms with E-state index in [1.807, 2.05) is 43.3 Å². The van der Waals surface area contributed by atoms with Crippen molar-refractivity contribution in [3.63, 3.8) is 0 Å². The number of nitrogens with one attached hydrogen (secondary N) is 1. The number of amides is 1. The quantitative estimate of drug-likeness (QED) is 0.303. The summed E-state index contributed by atoms with van der Waals surface area (Å²) in [4.78, 5) is 32.4. The molecule has 1 amide bonds. The highest BCUT2D eigenvalue weighted by Gasteiger charge is 2.27. The Kier molecular flexibility index (Phi) is 8.75. The minimum Gasteiger partial charge on any atom is -0.481 e. The van der Waals surface area contributed by atoms with Crippen LogP contribution in [0.4, 0.5) is 5.82 Å². The molecule has 8 heteroatoms. The largest absolute Gasteiger partial charge is 0.481 e. The average molecular weight is 587 g/mol. The molecular weight excluding hydrogens is 554 g/mol. The van der Waals surface area contributed by atoms with Gasteiger partial charge < -0.3 is 15.3 Å². The molecule has 0 bridgehead atoms. The number of carbonyl (C=O) groups is 2. The fourth-order valence-corrected chi connectivity index (χ4v) is 6.18. The number of benzene rings is 2. The van der Waals surface area contributed by atoms with Gasteiger partial charge in [-0.15, -0.1) is 0 Å². The molecule has 37 heavy (non-hydrogen) atoms. The molecule has 1 aliphatic heterocycles. The molecule has 0 spiro atoms. The molecule has 0 radical (unpaired) electrons. The van der Waals surface area contributed by atoms with E-state index in [1.54, 1.807) is 6.07 Å². The van der Waals surface area contributed by atoms with E-state index in [4.69, 9.17) is 16.6 Å². The predicted molar refractivity (Wildman–Crippen MR) is 153 cm³/mol. The van der Waals surface area contributed by atoms with Crippen LogP contribution in [0.5, 0.6) is 0 Å². The monoisotopic (exact) mass is 585 g/mol. The minimum atomic E-state index is -0.876. The molecule has 1 aromatic heterocycles. The number of carbonyl (C=O) groups excluding carboxylic acids is 1. The molecular formula is C29H33BrClN3O3. The summed E-state index contributed by atoms with van der Waals surface area (Å²) in [5.74, 6) is 0.652.